The summed E-state index contributed by atoms with van der Waals surface area (Å²) in [5, 5.41) is 0. The molecule has 2 aliphatic rings. The van der Waals surface area contributed by atoms with Crippen LogP contribution in [0.4, 0.5) is 8.78 Å². The van der Waals surface area contributed by atoms with Crippen LogP contribution in [-0.2, 0) is 21.0 Å². The van der Waals surface area contributed by atoms with Crippen molar-refractivity contribution in [2.45, 2.75) is 58.1 Å². The van der Waals surface area contributed by atoms with E-state index in [1.54, 1.807) is 6.92 Å². The molecule has 1 aromatic carbocycles. The SMILES string of the molecule is CC#Cc1cc(C)c(C2C(=O)CC3(CCN([S+]([O-])C(F)F)CC3)CC2=O)c(C)c1. The number of rotatable bonds is 3. The molecule has 29 heavy (non-hydrogen) atoms. The smallest absolute Gasteiger partial charge is 0.416 e. The second-order valence-corrected chi connectivity index (χ2v) is 9.51. The van der Waals surface area contributed by atoms with Crippen molar-refractivity contribution in [3.8, 4) is 11.8 Å². The standard InChI is InChI=1S/C22H25F2NO3S/c1-4-5-16-10-14(2)19(15(3)11-16)20-17(26)12-22(13-18(20)27)6-8-25(9-7-22)29(28)21(23)24/h10-11,20-21H,6-9,12-13H2,1-3H3. The lowest BCUT2D eigenvalue weighted by Gasteiger charge is -2.44. The number of ketones is 2. The third-order valence-corrected chi connectivity index (χ3v) is 7.26. The molecule has 1 heterocycles. The number of benzene rings is 1. The minimum atomic E-state index is -2.91. The summed E-state index contributed by atoms with van der Waals surface area (Å²) in [6.45, 7) is 5.97. The fourth-order valence-electron chi connectivity index (χ4n) is 4.76. The summed E-state index contributed by atoms with van der Waals surface area (Å²) in [7, 11) is 0. The molecule has 0 radical (unpaired) electrons. The van der Waals surface area contributed by atoms with E-state index in [9.17, 15) is 22.9 Å². The molecule has 1 spiro atoms. The summed E-state index contributed by atoms with van der Waals surface area (Å²) < 4.78 is 38.3. The van der Waals surface area contributed by atoms with Gasteiger partial charge in [-0.15, -0.1) is 10.2 Å². The van der Waals surface area contributed by atoms with Gasteiger partial charge in [-0.25, -0.2) is 0 Å². The molecule has 0 aromatic heterocycles. The van der Waals surface area contributed by atoms with Crippen LogP contribution in [0.25, 0.3) is 0 Å². The molecule has 0 amide bonds. The Bertz CT molecular complexity index is 839. The van der Waals surface area contributed by atoms with E-state index < -0.39 is 28.5 Å². The lowest BCUT2D eigenvalue weighted by molar-refractivity contribution is -0.138. The molecular weight excluding hydrogens is 396 g/mol. The molecule has 1 aliphatic heterocycles. The van der Waals surface area contributed by atoms with E-state index in [-0.39, 0.29) is 37.5 Å². The van der Waals surface area contributed by atoms with Gasteiger partial charge in [0.25, 0.3) is 0 Å². The highest BCUT2D eigenvalue weighted by atomic mass is 32.2. The number of nitrogens with zero attached hydrogens (tertiary/aromatic N) is 1. The maximum atomic E-state index is 13.1. The molecular formula is C22H25F2NO3S. The normalized spacial score (nSPS) is 21.3. The lowest BCUT2D eigenvalue weighted by atomic mass is 9.63. The zero-order chi connectivity index (χ0) is 21.3. The molecule has 0 N–H and O–H groups in total. The van der Waals surface area contributed by atoms with Gasteiger partial charge in [0, 0.05) is 31.5 Å². The number of Topliss-reactive ketones (excluding diaryl/α,β-unsaturated/α-hetero) is 2. The molecule has 1 aromatic rings. The van der Waals surface area contributed by atoms with Crippen LogP contribution in [0.15, 0.2) is 12.1 Å². The van der Waals surface area contributed by atoms with Crippen LogP contribution in [0.3, 0.4) is 0 Å². The Morgan fingerprint density at radius 1 is 1.14 bits per heavy atom. The average Bonchev–Trinajstić information content (AvgIpc) is 2.63. The van der Waals surface area contributed by atoms with E-state index in [0.29, 0.717) is 12.8 Å². The molecule has 2 fully saturated rings. The minimum Gasteiger partial charge on any atom is -0.593 e. The van der Waals surface area contributed by atoms with Gasteiger partial charge in [-0.3, -0.25) is 9.59 Å². The summed E-state index contributed by atoms with van der Waals surface area (Å²) in [6, 6.07) is 3.81. The van der Waals surface area contributed by atoms with E-state index in [0.717, 1.165) is 22.3 Å². The molecule has 1 aliphatic carbocycles. The highest BCUT2D eigenvalue weighted by Gasteiger charge is 2.49. The van der Waals surface area contributed by atoms with Crippen LogP contribution in [0, 0.1) is 31.1 Å². The van der Waals surface area contributed by atoms with Crippen molar-refractivity contribution in [3.63, 3.8) is 0 Å². The van der Waals surface area contributed by atoms with Crippen LogP contribution in [0.1, 0.15) is 60.8 Å². The van der Waals surface area contributed by atoms with Crippen molar-refractivity contribution < 1.29 is 22.9 Å². The number of hydrogen-bond donors (Lipinski definition) is 0. The van der Waals surface area contributed by atoms with Gasteiger partial charge in [0.2, 0.25) is 0 Å². The van der Waals surface area contributed by atoms with Gasteiger partial charge in [-0.1, -0.05) is 5.92 Å². The van der Waals surface area contributed by atoms with Gasteiger partial charge in [0.1, 0.15) is 28.8 Å². The Morgan fingerprint density at radius 2 is 1.66 bits per heavy atom. The predicted molar refractivity (Wildman–Crippen MR) is 108 cm³/mol. The first-order chi connectivity index (χ1) is 13.7. The van der Waals surface area contributed by atoms with Gasteiger partial charge in [0.15, 0.2) is 0 Å². The van der Waals surface area contributed by atoms with E-state index in [1.807, 2.05) is 26.0 Å². The van der Waals surface area contributed by atoms with Crippen LogP contribution in [-0.4, -0.2) is 39.3 Å². The largest absolute Gasteiger partial charge is 0.593 e. The van der Waals surface area contributed by atoms with Crippen molar-refractivity contribution in [2.75, 3.05) is 13.1 Å². The number of carbonyl (C=O) groups excluding carboxylic acids is 2. The fraction of sp³-hybridized carbons (Fsp3) is 0.545. The maximum Gasteiger partial charge on any atom is 0.416 e. The Morgan fingerprint density at radius 3 is 2.10 bits per heavy atom. The Labute approximate surface area is 173 Å². The van der Waals surface area contributed by atoms with Crippen molar-refractivity contribution in [1.29, 1.82) is 0 Å². The Balaban J connectivity index is 1.79. The van der Waals surface area contributed by atoms with Gasteiger partial charge >= 0.3 is 5.76 Å². The third-order valence-electron chi connectivity index (χ3n) is 6.08. The molecule has 3 rings (SSSR count). The number of carbonyl (C=O) groups is 2. The van der Waals surface area contributed by atoms with E-state index in [2.05, 4.69) is 11.8 Å². The van der Waals surface area contributed by atoms with Crippen LogP contribution >= 0.6 is 0 Å². The van der Waals surface area contributed by atoms with E-state index in [1.165, 1.54) is 4.31 Å². The monoisotopic (exact) mass is 421 g/mol. The lowest BCUT2D eigenvalue weighted by Crippen LogP contribution is -2.49. The predicted octanol–water partition coefficient (Wildman–Crippen LogP) is 3.66. The molecule has 0 bridgehead atoms. The third kappa shape index (κ3) is 4.40. The van der Waals surface area contributed by atoms with Crippen LogP contribution in [0.2, 0.25) is 0 Å². The zero-order valence-corrected chi connectivity index (χ0v) is 17.7. The molecule has 1 unspecified atom stereocenters. The number of aryl methyl sites for hydroxylation is 2. The summed E-state index contributed by atoms with van der Waals surface area (Å²) in [4.78, 5) is 26.1. The fourth-order valence-corrected chi connectivity index (χ4v) is 5.53. The summed E-state index contributed by atoms with van der Waals surface area (Å²) >= 11 is -2.32. The molecule has 1 saturated heterocycles. The topological polar surface area (TPSA) is 60.4 Å². The summed E-state index contributed by atoms with van der Waals surface area (Å²) in [6.07, 6.45) is 1.37. The van der Waals surface area contributed by atoms with E-state index >= 15 is 0 Å². The molecule has 7 heteroatoms. The minimum absolute atomic E-state index is 0.106. The highest BCUT2D eigenvalue weighted by molar-refractivity contribution is 7.89. The summed E-state index contributed by atoms with van der Waals surface area (Å²) in [5.41, 5.74) is 2.90. The molecule has 1 atom stereocenters. The second-order valence-electron chi connectivity index (χ2n) is 8.08. The molecule has 1 saturated carbocycles. The number of alkyl halides is 2. The van der Waals surface area contributed by atoms with Crippen molar-refractivity contribution in [1.82, 2.24) is 4.31 Å². The maximum absolute atomic E-state index is 13.1. The van der Waals surface area contributed by atoms with Gasteiger partial charge < -0.3 is 4.55 Å². The van der Waals surface area contributed by atoms with Crippen LogP contribution in [0.5, 0.6) is 0 Å². The van der Waals surface area contributed by atoms with Crippen molar-refractivity contribution in [3.05, 3.63) is 34.4 Å². The van der Waals surface area contributed by atoms with Crippen LogP contribution < -0.4 is 0 Å². The van der Waals surface area contributed by atoms with Crippen molar-refractivity contribution in [2.24, 2.45) is 5.41 Å². The molecule has 156 valence electrons. The number of piperidine rings is 1. The second kappa shape index (κ2) is 8.55. The average molecular weight is 422 g/mol. The van der Waals surface area contributed by atoms with Gasteiger partial charge in [-0.05, 0) is 67.9 Å². The highest BCUT2D eigenvalue weighted by Crippen LogP contribution is 2.47. The first kappa shape index (κ1) is 21.9. The number of halogens is 2. The first-order valence-electron chi connectivity index (χ1n) is 9.70. The first-order valence-corrected chi connectivity index (χ1v) is 10.9. The van der Waals surface area contributed by atoms with Crippen molar-refractivity contribution >= 4 is 22.9 Å². The Hall–Kier alpha value is -1.75. The molecule has 4 nitrogen and oxygen atoms in total. The summed E-state index contributed by atoms with van der Waals surface area (Å²) in [5.74, 6) is 1.98. The zero-order valence-electron chi connectivity index (χ0n) is 16.9. The quantitative estimate of drug-likeness (QED) is 0.425. The number of hydrogen-bond acceptors (Lipinski definition) is 4. The van der Waals surface area contributed by atoms with Gasteiger partial charge in [-0.2, -0.15) is 8.78 Å². The Kier molecular flexibility index (Phi) is 6.47. The van der Waals surface area contributed by atoms with Gasteiger partial charge in [0.05, 0.1) is 0 Å². The van der Waals surface area contributed by atoms with E-state index in [4.69, 9.17) is 0 Å².